The number of rotatable bonds is 4. The van der Waals surface area contributed by atoms with Gasteiger partial charge in [-0.2, -0.15) is 9.50 Å². The molecular weight excluding hydrogens is 334 g/mol. The van der Waals surface area contributed by atoms with Gasteiger partial charge in [0.15, 0.2) is 6.10 Å². The van der Waals surface area contributed by atoms with Crippen molar-refractivity contribution in [3.05, 3.63) is 51.4 Å². The molecule has 0 bridgehead atoms. The van der Waals surface area contributed by atoms with Crippen LogP contribution in [0.15, 0.2) is 35.1 Å². The lowest BCUT2D eigenvalue weighted by molar-refractivity contribution is -0.122. The average molecular weight is 348 g/mol. The molecule has 0 saturated carbocycles. The fourth-order valence-electron chi connectivity index (χ4n) is 2.03. The number of halogens is 1. The molecule has 9 heteroatoms. The molecule has 8 nitrogen and oxygen atoms in total. The Labute approximate surface area is 141 Å². The Morgan fingerprint density at radius 1 is 1.33 bits per heavy atom. The Morgan fingerprint density at radius 3 is 2.75 bits per heavy atom. The average Bonchev–Trinajstić information content (AvgIpc) is 2.96. The number of amides is 1. The molecule has 0 saturated heterocycles. The number of ether oxygens (including phenoxy) is 1. The second-order valence-corrected chi connectivity index (χ2v) is 5.46. The van der Waals surface area contributed by atoms with Crippen molar-refractivity contribution < 1.29 is 9.53 Å². The fraction of sp³-hybridized carbons (Fsp3) is 0.200. The van der Waals surface area contributed by atoms with Crippen molar-refractivity contribution in [1.29, 1.82) is 0 Å². The SMILES string of the molecule is Cc1nc2nc(NC(=O)[C@H](C)Oc3ccccc3)[nH]n2c(=O)c1Cl. The topological polar surface area (TPSA) is 101 Å². The highest BCUT2D eigenvalue weighted by atomic mass is 35.5. The number of carbonyl (C=O) groups is 1. The third kappa shape index (κ3) is 3.09. The van der Waals surface area contributed by atoms with Gasteiger partial charge in [-0.05, 0) is 26.0 Å². The summed E-state index contributed by atoms with van der Waals surface area (Å²) in [4.78, 5) is 32.3. The largest absolute Gasteiger partial charge is 0.481 e. The smallest absolute Gasteiger partial charge is 0.293 e. The van der Waals surface area contributed by atoms with Crippen molar-refractivity contribution in [1.82, 2.24) is 19.6 Å². The monoisotopic (exact) mass is 347 g/mol. The first-order valence-corrected chi connectivity index (χ1v) is 7.51. The lowest BCUT2D eigenvalue weighted by atomic mass is 10.3. The van der Waals surface area contributed by atoms with Crippen molar-refractivity contribution in [2.45, 2.75) is 20.0 Å². The van der Waals surface area contributed by atoms with Gasteiger partial charge in [0, 0.05) is 0 Å². The highest BCUT2D eigenvalue weighted by molar-refractivity contribution is 6.31. The Kier molecular flexibility index (Phi) is 4.22. The number of H-pyrrole nitrogens is 1. The van der Waals surface area contributed by atoms with Crippen LogP contribution in [-0.4, -0.2) is 31.6 Å². The standard InChI is InChI=1S/C15H14ClN5O3/c1-8-11(16)13(23)21-15(17-8)19-14(20-21)18-12(22)9(2)24-10-6-4-3-5-7-10/h3-7,9H,1-2H3,(H2,17,18,19,20,22)/t9-/m0/s1. The van der Waals surface area contributed by atoms with Gasteiger partial charge in [0.05, 0.1) is 5.69 Å². The Balaban J connectivity index is 1.78. The molecule has 0 unspecified atom stereocenters. The normalized spacial score (nSPS) is 12.1. The van der Waals surface area contributed by atoms with E-state index >= 15 is 0 Å². The van der Waals surface area contributed by atoms with E-state index in [2.05, 4.69) is 20.4 Å². The number of hydrogen-bond donors (Lipinski definition) is 2. The molecule has 3 rings (SSSR count). The van der Waals surface area contributed by atoms with Crippen LogP contribution in [0.5, 0.6) is 5.75 Å². The van der Waals surface area contributed by atoms with Crippen LogP contribution in [0.3, 0.4) is 0 Å². The van der Waals surface area contributed by atoms with Gasteiger partial charge in [-0.15, -0.1) is 0 Å². The number of anilines is 1. The molecule has 1 aromatic carbocycles. The first kappa shape index (κ1) is 16.0. The number of aryl methyl sites for hydroxylation is 1. The van der Waals surface area contributed by atoms with E-state index < -0.39 is 17.6 Å². The van der Waals surface area contributed by atoms with Crippen LogP contribution in [-0.2, 0) is 4.79 Å². The second-order valence-electron chi connectivity index (χ2n) is 5.09. The summed E-state index contributed by atoms with van der Waals surface area (Å²) in [7, 11) is 0. The summed E-state index contributed by atoms with van der Waals surface area (Å²) in [5.41, 5.74) is -0.118. The van der Waals surface area contributed by atoms with Gasteiger partial charge in [-0.3, -0.25) is 20.0 Å². The summed E-state index contributed by atoms with van der Waals surface area (Å²) in [6, 6.07) is 8.97. The van der Waals surface area contributed by atoms with Crippen molar-refractivity contribution in [2.75, 3.05) is 5.32 Å². The first-order valence-electron chi connectivity index (χ1n) is 7.13. The Bertz CT molecular complexity index is 951. The molecule has 0 aliphatic rings. The number of nitrogens with one attached hydrogen (secondary N) is 2. The van der Waals surface area contributed by atoms with Gasteiger partial charge in [-0.25, -0.2) is 4.98 Å². The molecule has 2 heterocycles. The molecule has 24 heavy (non-hydrogen) atoms. The molecule has 1 amide bonds. The molecule has 3 aromatic rings. The van der Waals surface area contributed by atoms with Crippen LogP contribution in [0.25, 0.3) is 5.78 Å². The number of fused-ring (bicyclic) bond motifs is 1. The molecule has 2 aromatic heterocycles. The van der Waals surface area contributed by atoms with E-state index in [1.165, 1.54) is 0 Å². The number of hydrogen-bond acceptors (Lipinski definition) is 5. The second kappa shape index (κ2) is 6.32. The molecular formula is C15H14ClN5O3. The van der Waals surface area contributed by atoms with E-state index in [9.17, 15) is 9.59 Å². The molecule has 0 fully saturated rings. The highest BCUT2D eigenvalue weighted by Gasteiger charge is 2.18. The van der Waals surface area contributed by atoms with E-state index in [1.807, 2.05) is 18.2 Å². The maximum absolute atomic E-state index is 12.2. The maximum Gasteiger partial charge on any atom is 0.293 e. The minimum absolute atomic E-state index is 0.00481. The van der Waals surface area contributed by atoms with Crippen molar-refractivity contribution in [2.24, 2.45) is 0 Å². The van der Waals surface area contributed by atoms with E-state index in [-0.39, 0.29) is 16.7 Å². The summed E-state index contributed by atoms with van der Waals surface area (Å²) >= 11 is 5.86. The summed E-state index contributed by atoms with van der Waals surface area (Å²) in [6.07, 6.45) is -0.754. The quantitative estimate of drug-likeness (QED) is 0.749. The van der Waals surface area contributed by atoms with Crippen molar-refractivity contribution in [3.8, 4) is 5.75 Å². The van der Waals surface area contributed by atoms with Crippen LogP contribution in [0.1, 0.15) is 12.6 Å². The van der Waals surface area contributed by atoms with Crippen LogP contribution in [0.2, 0.25) is 5.02 Å². The number of aromatic amines is 1. The lowest BCUT2D eigenvalue weighted by Crippen LogP contribution is -2.30. The third-order valence-corrected chi connectivity index (χ3v) is 3.71. The fourth-order valence-corrected chi connectivity index (χ4v) is 2.16. The minimum Gasteiger partial charge on any atom is -0.481 e. The molecule has 0 radical (unpaired) electrons. The van der Waals surface area contributed by atoms with Crippen LogP contribution < -0.4 is 15.6 Å². The van der Waals surface area contributed by atoms with E-state index in [0.29, 0.717) is 11.4 Å². The van der Waals surface area contributed by atoms with E-state index in [0.717, 1.165) is 4.52 Å². The van der Waals surface area contributed by atoms with Gasteiger partial charge in [0.1, 0.15) is 10.8 Å². The van der Waals surface area contributed by atoms with Gasteiger partial charge in [-0.1, -0.05) is 29.8 Å². The third-order valence-electron chi connectivity index (χ3n) is 3.27. The van der Waals surface area contributed by atoms with Crippen molar-refractivity contribution in [3.63, 3.8) is 0 Å². The molecule has 2 N–H and O–H groups in total. The van der Waals surface area contributed by atoms with Gasteiger partial charge >= 0.3 is 0 Å². The van der Waals surface area contributed by atoms with Crippen LogP contribution in [0, 0.1) is 6.92 Å². The van der Waals surface area contributed by atoms with E-state index in [1.54, 1.807) is 26.0 Å². The number of para-hydroxylation sites is 1. The van der Waals surface area contributed by atoms with Gasteiger partial charge in [0.2, 0.25) is 5.95 Å². The van der Waals surface area contributed by atoms with Crippen LogP contribution >= 0.6 is 11.6 Å². The predicted octanol–water partition coefficient (Wildman–Crippen LogP) is 1.79. The molecule has 124 valence electrons. The zero-order valence-electron chi connectivity index (χ0n) is 12.9. The minimum atomic E-state index is -0.754. The predicted molar refractivity (Wildman–Crippen MR) is 88.5 cm³/mol. The Morgan fingerprint density at radius 2 is 2.04 bits per heavy atom. The Hall–Kier alpha value is -2.87. The zero-order valence-corrected chi connectivity index (χ0v) is 13.7. The van der Waals surface area contributed by atoms with Crippen molar-refractivity contribution >= 4 is 29.2 Å². The number of carbonyl (C=O) groups excluding carboxylic acids is 1. The van der Waals surface area contributed by atoms with Crippen LogP contribution in [0.4, 0.5) is 5.95 Å². The molecule has 0 aliphatic carbocycles. The maximum atomic E-state index is 12.2. The number of benzene rings is 1. The summed E-state index contributed by atoms with van der Waals surface area (Å²) in [5, 5.41) is 5.18. The number of nitrogens with zero attached hydrogens (tertiary/aromatic N) is 3. The molecule has 0 spiro atoms. The lowest BCUT2D eigenvalue weighted by Gasteiger charge is -2.13. The summed E-state index contributed by atoms with van der Waals surface area (Å²) in [5.74, 6) is 0.349. The van der Waals surface area contributed by atoms with Gasteiger partial charge in [0.25, 0.3) is 17.2 Å². The summed E-state index contributed by atoms with van der Waals surface area (Å²) < 4.78 is 6.59. The van der Waals surface area contributed by atoms with E-state index in [4.69, 9.17) is 16.3 Å². The number of aromatic nitrogens is 4. The van der Waals surface area contributed by atoms with Gasteiger partial charge < -0.3 is 4.74 Å². The molecule has 1 atom stereocenters. The zero-order chi connectivity index (χ0) is 17.3. The first-order chi connectivity index (χ1) is 11.5. The molecule has 0 aliphatic heterocycles. The highest BCUT2D eigenvalue weighted by Crippen LogP contribution is 2.12. The summed E-state index contributed by atoms with van der Waals surface area (Å²) in [6.45, 7) is 3.21.